The minimum absolute atomic E-state index is 0.271. The number of aromatic nitrogens is 2. The zero-order valence-electron chi connectivity index (χ0n) is 13.1. The van der Waals surface area contributed by atoms with Crippen LogP contribution in [-0.4, -0.2) is 28.1 Å². The van der Waals surface area contributed by atoms with Crippen LogP contribution in [0.1, 0.15) is 23.0 Å². The number of para-hydroxylation sites is 1. The molecule has 7 heteroatoms. The number of rotatable bonds is 4. The number of hydrogen-bond acceptors (Lipinski definition) is 6. The van der Waals surface area contributed by atoms with Gasteiger partial charge in [0.05, 0.1) is 11.1 Å². The van der Waals surface area contributed by atoms with Crippen LogP contribution < -0.4 is 5.32 Å². The number of anilines is 1. The lowest BCUT2D eigenvalue weighted by molar-refractivity contribution is -0.123. The molecular weight excluding hydrogens is 310 g/mol. The van der Waals surface area contributed by atoms with Gasteiger partial charge in [-0.1, -0.05) is 23.4 Å². The number of benzene rings is 1. The number of nitrogens with one attached hydrogen (secondary N) is 1. The van der Waals surface area contributed by atoms with Gasteiger partial charge in [-0.25, -0.2) is 4.79 Å². The van der Waals surface area contributed by atoms with Gasteiger partial charge in [0.2, 0.25) is 0 Å². The predicted octanol–water partition coefficient (Wildman–Crippen LogP) is 2.72. The van der Waals surface area contributed by atoms with E-state index >= 15 is 0 Å². The lowest BCUT2D eigenvalue weighted by Gasteiger charge is -2.13. The average Bonchev–Trinajstić information content (AvgIpc) is 2.99. The third kappa shape index (κ3) is 3.24. The van der Waals surface area contributed by atoms with Gasteiger partial charge in [-0.15, -0.1) is 0 Å². The van der Waals surface area contributed by atoms with E-state index in [-0.39, 0.29) is 5.82 Å². The molecule has 2 heterocycles. The zero-order valence-corrected chi connectivity index (χ0v) is 13.1. The fourth-order valence-corrected chi connectivity index (χ4v) is 2.20. The van der Waals surface area contributed by atoms with Crippen LogP contribution in [0, 0.1) is 6.92 Å². The van der Waals surface area contributed by atoms with E-state index in [2.05, 4.69) is 15.5 Å². The van der Waals surface area contributed by atoms with Gasteiger partial charge in [-0.05, 0) is 26.0 Å². The Hall–Kier alpha value is -3.22. The Morgan fingerprint density at radius 2 is 2.04 bits per heavy atom. The molecule has 0 saturated heterocycles. The van der Waals surface area contributed by atoms with Crippen molar-refractivity contribution in [3.8, 4) is 0 Å². The summed E-state index contributed by atoms with van der Waals surface area (Å²) >= 11 is 0. The molecule has 0 radical (unpaired) electrons. The lowest BCUT2D eigenvalue weighted by Crippen LogP contribution is -2.30. The number of nitrogens with zero attached hydrogens (tertiary/aromatic N) is 2. The topological polar surface area (TPSA) is 94.3 Å². The fourth-order valence-electron chi connectivity index (χ4n) is 2.20. The normalized spacial score (nSPS) is 11.9. The van der Waals surface area contributed by atoms with Crippen LogP contribution >= 0.6 is 0 Å². The molecule has 0 aliphatic heterocycles. The minimum Gasteiger partial charge on any atom is -0.449 e. The van der Waals surface area contributed by atoms with Crippen molar-refractivity contribution in [2.75, 3.05) is 5.32 Å². The molecule has 0 fully saturated rings. The predicted molar refractivity (Wildman–Crippen MR) is 86.5 cm³/mol. The van der Waals surface area contributed by atoms with E-state index < -0.39 is 18.0 Å². The quantitative estimate of drug-likeness (QED) is 0.741. The minimum atomic E-state index is -0.992. The molecule has 0 unspecified atom stereocenters. The molecule has 3 rings (SSSR count). The number of fused-ring (bicyclic) bond motifs is 1. The Morgan fingerprint density at radius 3 is 2.79 bits per heavy atom. The first-order valence-electron chi connectivity index (χ1n) is 7.33. The van der Waals surface area contributed by atoms with Gasteiger partial charge in [0, 0.05) is 17.6 Å². The Morgan fingerprint density at radius 1 is 1.25 bits per heavy atom. The maximum Gasteiger partial charge on any atom is 0.341 e. The molecule has 0 spiro atoms. The van der Waals surface area contributed by atoms with Crippen molar-refractivity contribution in [2.24, 2.45) is 0 Å². The summed E-state index contributed by atoms with van der Waals surface area (Å²) in [6.07, 6.45) is 0.607. The number of carbonyl (C=O) groups is 2. The molecule has 122 valence electrons. The molecule has 0 saturated carbocycles. The largest absolute Gasteiger partial charge is 0.449 e. The maximum atomic E-state index is 12.4. The van der Waals surface area contributed by atoms with Crippen molar-refractivity contribution in [1.82, 2.24) is 10.1 Å². The Bertz CT molecular complexity index is 898. The highest BCUT2D eigenvalue weighted by Gasteiger charge is 2.21. The van der Waals surface area contributed by atoms with Crippen molar-refractivity contribution >= 4 is 28.6 Å². The summed E-state index contributed by atoms with van der Waals surface area (Å²) < 4.78 is 10.1. The van der Waals surface area contributed by atoms with Crippen LogP contribution in [0.3, 0.4) is 0 Å². The second-order valence-electron chi connectivity index (χ2n) is 5.24. The van der Waals surface area contributed by atoms with Crippen LogP contribution in [-0.2, 0) is 9.53 Å². The van der Waals surface area contributed by atoms with Crippen molar-refractivity contribution in [1.29, 1.82) is 0 Å². The zero-order chi connectivity index (χ0) is 17.1. The second kappa shape index (κ2) is 6.49. The number of esters is 1. The third-order valence-electron chi connectivity index (χ3n) is 3.38. The molecule has 2 aromatic heterocycles. The third-order valence-corrected chi connectivity index (χ3v) is 3.38. The first-order valence-corrected chi connectivity index (χ1v) is 7.33. The fraction of sp³-hybridized carbons (Fsp3) is 0.176. The summed E-state index contributed by atoms with van der Waals surface area (Å²) in [7, 11) is 0. The number of pyridine rings is 1. The summed E-state index contributed by atoms with van der Waals surface area (Å²) in [5, 5.41) is 7.00. The van der Waals surface area contributed by atoms with Crippen LogP contribution in [0.25, 0.3) is 10.9 Å². The SMILES string of the molecule is Cc1cc(NC(=O)[C@@H](C)OC(=O)c2cccc3cccnc23)no1. The number of ether oxygens (including phenoxy) is 1. The molecule has 1 atom stereocenters. The van der Waals surface area contributed by atoms with Crippen molar-refractivity contribution < 1.29 is 18.8 Å². The number of aryl methyl sites for hydroxylation is 1. The summed E-state index contributed by atoms with van der Waals surface area (Å²) in [6, 6.07) is 10.4. The highest BCUT2D eigenvalue weighted by molar-refractivity contribution is 6.04. The first-order chi connectivity index (χ1) is 11.5. The van der Waals surface area contributed by atoms with E-state index in [9.17, 15) is 9.59 Å². The smallest absolute Gasteiger partial charge is 0.341 e. The molecule has 1 N–H and O–H groups in total. The maximum absolute atomic E-state index is 12.4. The highest BCUT2D eigenvalue weighted by Crippen LogP contribution is 2.17. The summed E-state index contributed by atoms with van der Waals surface area (Å²) in [4.78, 5) is 28.6. The molecule has 0 bridgehead atoms. The molecular formula is C17H15N3O4. The van der Waals surface area contributed by atoms with Gasteiger partial charge < -0.3 is 14.6 Å². The van der Waals surface area contributed by atoms with Crippen LogP contribution in [0.4, 0.5) is 5.82 Å². The molecule has 24 heavy (non-hydrogen) atoms. The van der Waals surface area contributed by atoms with E-state index in [1.165, 1.54) is 6.92 Å². The number of amides is 1. The lowest BCUT2D eigenvalue weighted by atomic mass is 10.1. The molecule has 0 aliphatic rings. The van der Waals surface area contributed by atoms with E-state index in [0.29, 0.717) is 16.8 Å². The van der Waals surface area contributed by atoms with E-state index in [1.807, 2.05) is 12.1 Å². The molecule has 1 amide bonds. The number of carbonyl (C=O) groups excluding carboxylic acids is 2. The van der Waals surface area contributed by atoms with Crippen molar-refractivity contribution in [3.63, 3.8) is 0 Å². The summed E-state index contributed by atoms with van der Waals surface area (Å²) in [5.41, 5.74) is 0.842. The van der Waals surface area contributed by atoms with E-state index in [1.54, 1.807) is 37.4 Å². The Balaban J connectivity index is 1.72. The summed E-state index contributed by atoms with van der Waals surface area (Å²) in [5.74, 6) is -0.271. The van der Waals surface area contributed by atoms with E-state index in [0.717, 1.165) is 5.39 Å². The van der Waals surface area contributed by atoms with Gasteiger partial charge >= 0.3 is 5.97 Å². The highest BCUT2D eigenvalue weighted by atomic mass is 16.5. The second-order valence-corrected chi connectivity index (χ2v) is 5.24. The first kappa shape index (κ1) is 15.7. The molecule has 3 aromatic rings. The van der Waals surface area contributed by atoms with Crippen LogP contribution in [0.2, 0.25) is 0 Å². The monoisotopic (exact) mass is 325 g/mol. The van der Waals surface area contributed by atoms with Crippen molar-refractivity contribution in [3.05, 3.63) is 53.9 Å². The van der Waals surface area contributed by atoms with Gasteiger partial charge in [0.15, 0.2) is 11.9 Å². The van der Waals surface area contributed by atoms with Crippen LogP contribution in [0.5, 0.6) is 0 Å². The van der Waals surface area contributed by atoms with Gasteiger partial charge in [-0.3, -0.25) is 9.78 Å². The van der Waals surface area contributed by atoms with Gasteiger partial charge in [0.25, 0.3) is 5.91 Å². The van der Waals surface area contributed by atoms with Crippen LogP contribution in [0.15, 0.2) is 47.1 Å². The molecule has 0 aliphatic carbocycles. The average molecular weight is 325 g/mol. The standard InChI is InChI=1S/C17H15N3O4/c1-10-9-14(20-24-10)19-16(21)11(2)23-17(22)13-7-3-5-12-6-4-8-18-15(12)13/h3-9,11H,1-2H3,(H,19,20,21)/t11-/m1/s1. The van der Waals surface area contributed by atoms with E-state index in [4.69, 9.17) is 9.26 Å². The molecule has 7 nitrogen and oxygen atoms in total. The molecule has 1 aromatic carbocycles. The van der Waals surface area contributed by atoms with Gasteiger partial charge in [0.1, 0.15) is 5.76 Å². The Labute approximate surface area is 137 Å². The van der Waals surface area contributed by atoms with Crippen molar-refractivity contribution in [2.45, 2.75) is 20.0 Å². The Kier molecular flexibility index (Phi) is 4.24. The summed E-state index contributed by atoms with van der Waals surface area (Å²) in [6.45, 7) is 3.19. The number of hydrogen-bond donors (Lipinski definition) is 1. The van der Waals surface area contributed by atoms with Gasteiger partial charge in [-0.2, -0.15) is 0 Å².